The summed E-state index contributed by atoms with van der Waals surface area (Å²) in [6.07, 6.45) is 5.37. The zero-order valence-electron chi connectivity index (χ0n) is 19.8. The Morgan fingerprint density at radius 1 is 0.528 bits per heavy atom. The van der Waals surface area contributed by atoms with E-state index in [0.717, 1.165) is 45.0 Å². The van der Waals surface area contributed by atoms with E-state index in [1.807, 2.05) is 109 Å². The Hall–Kier alpha value is -4.96. The van der Waals surface area contributed by atoms with Crippen molar-refractivity contribution in [3.05, 3.63) is 140 Å². The molecule has 0 saturated heterocycles. The molecule has 4 nitrogen and oxygen atoms in total. The van der Waals surface area contributed by atoms with Gasteiger partial charge in [0.05, 0.1) is 22.8 Å². The summed E-state index contributed by atoms with van der Waals surface area (Å²) in [5.41, 5.74) is 6.93. The van der Waals surface area contributed by atoms with Crippen molar-refractivity contribution in [2.45, 2.75) is 0 Å². The van der Waals surface area contributed by atoms with E-state index in [1.165, 1.54) is 0 Å². The molecule has 0 aliphatic rings. The Morgan fingerprint density at radius 3 is 1.36 bits per heavy atom. The maximum absolute atomic E-state index is 4.90. The second kappa shape index (κ2) is 10.5. The molecule has 0 unspecified atom stereocenters. The van der Waals surface area contributed by atoms with Crippen molar-refractivity contribution in [1.29, 1.82) is 0 Å². The number of nitrogens with zero attached hydrogens (tertiary/aromatic N) is 4. The van der Waals surface area contributed by atoms with Crippen molar-refractivity contribution in [3.8, 4) is 45.4 Å². The van der Waals surface area contributed by atoms with Crippen molar-refractivity contribution < 1.29 is 0 Å². The van der Waals surface area contributed by atoms with Crippen molar-refractivity contribution in [2.75, 3.05) is 0 Å². The lowest BCUT2D eigenvalue weighted by molar-refractivity contribution is 1.08. The van der Waals surface area contributed by atoms with Crippen LogP contribution in [0.1, 0.15) is 5.69 Å². The van der Waals surface area contributed by atoms with Gasteiger partial charge in [-0.2, -0.15) is 0 Å². The van der Waals surface area contributed by atoms with E-state index in [-0.39, 0.29) is 0 Å². The molecule has 4 heteroatoms. The summed E-state index contributed by atoms with van der Waals surface area (Å²) in [5, 5.41) is 0. The maximum atomic E-state index is 4.90. The molecule has 172 valence electrons. The Labute approximate surface area is 211 Å². The van der Waals surface area contributed by atoms with Gasteiger partial charge in [0, 0.05) is 16.7 Å². The third-order valence-electron chi connectivity index (χ3n) is 5.67. The number of hydrogen-bond acceptors (Lipinski definition) is 4. The van der Waals surface area contributed by atoms with Gasteiger partial charge in [-0.1, -0.05) is 122 Å². The highest BCUT2D eigenvalue weighted by atomic mass is 15.0. The van der Waals surface area contributed by atoms with E-state index in [9.17, 15) is 0 Å². The van der Waals surface area contributed by atoms with Crippen LogP contribution in [0.15, 0.2) is 135 Å². The third-order valence-corrected chi connectivity index (χ3v) is 5.67. The Balaban J connectivity index is 1.76. The third kappa shape index (κ3) is 4.93. The smallest absolute Gasteiger partial charge is 0.198 e. The van der Waals surface area contributed by atoms with Crippen LogP contribution in [0, 0.1) is 0 Å². The SMILES string of the molecule is C=C/C=C(\C=C)c1cc(-c2ccccc2)nc(-c2nc(-c3ccccc3)cc(-c3ccccc3)n2)n1. The number of allylic oxidation sites excluding steroid dienone is 4. The minimum atomic E-state index is 0.443. The fraction of sp³-hybridized carbons (Fsp3) is 0. The van der Waals surface area contributed by atoms with E-state index in [2.05, 4.69) is 13.2 Å². The van der Waals surface area contributed by atoms with Crippen LogP contribution in [0.25, 0.3) is 51.0 Å². The lowest BCUT2D eigenvalue weighted by Crippen LogP contribution is -2.02. The van der Waals surface area contributed by atoms with E-state index in [4.69, 9.17) is 19.9 Å². The molecule has 0 fully saturated rings. The minimum Gasteiger partial charge on any atom is -0.225 e. The van der Waals surface area contributed by atoms with Gasteiger partial charge in [-0.15, -0.1) is 0 Å². The number of rotatable bonds is 7. The maximum Gasteiger partial charge on any atom is 0.198 e. The van der Waals surface area contributed by atoms with Crippen molar-refractivity contribution in [2.24, 2.45) is 0 Å². The molecular formula is C32H24N4. The summed E-state index contributed by atoms with van der Waals surface area (Å²) in [4.78, 5) is 19.6. The van der Waals surface area contributed by atoms with Crippen LogP contribution in [0.3, 0.4) is 0 Å². The zero-order valence-corrected chi connectivity index (χ0v) is 19.8. The van der Waals surface area contributed by atoms with Gasteiger partial charge in [0.2, 0.25) is 0 Å². The molecule has 0 saturated carbocycles. The Bertz CT molecular complexity index is 1480. The highest BCUT2D eigenvalue weighted by molar-refractivity contribution is 5.77. The largest absolute Gasteiger partial charge is 0.225 e. The number of benzene rings is 3. The second-order valence-corrected chi connectivity index (χ2v) is 8.08. The minimum absolute atomic E-state index is 0.443. The molecule has 0 aliphatic carbocycles. The molecule has 0 spiro atoms. The van der Waals surface area contributed by atoms with E-state index in [0.29, 0.717) is 11.6 Å². The predicted molar refractivity (Wildman–Crippen MR) is 148 cm³/mol. The van der Waals surface area contributed by atoms with Gasteiger partial charge in [0.25, 0.3) is 0 Å². The topological polar surface area (TPSA) is 51.6 Å². The van der Waals surface area contributed by atoms with Crippen LogP contribution in [0.4, 0.5) is 0 Å². The van der Waals surface area contributed by atoms with Crippen LogP contribution < -0.4 is 0 Å². The standard InChI is InChI=1S/C32H24N4/c1-3-14-23(4-2)27-21-28(24-15-8-5-9-16-24)34-31(33-27)32-35-29(25-17-10-6-11-18-25)22-30(36-32)26-19-12-7-13-20-26/h3-22H,1-2H2/b23-14+. The second-order valence-electron chi connectivity index (χ2n) is 8.08. The van der Waals surface area contributed by atoms with Crippen molar-refractivity contribution in [3.63, 3.8) is 0 Å². The van der Waals surface area contributed by atoms with Gasteiger partial charge < -0.3 is 0 Å². The van der Waals surface area contributed by atoms with Crippen LogP contribution >= 0.6 is 0 Å². The lowest BCUT2D eigenvalue weighted by Gasteiger charge is -2.11. The van der Waals surface area contributed by atoms with E-state index in [1.54, 1.807) is 12.2 Å². The van der Waals surface area contributed by atoms with Crippen LogP contribution in [0.5, 0.6) is 0 Å². The summed E-state index contributed by atoms with van der Waals surface area (Å²) in [7, 11) is 0. The van der Waals surface area contributed by atoms with Crippen molar-refractivity contribution in [1.82, 2.24) is 19.9 Å². The first kappa shape index (κ1) is 22.8. The van der Waals surface area contributed by atoms with E-state index >= 15 is 0 Å². The van der Waals surface area contributed by atoms with Gasteiger partial charge in [-0.3, -0.25) is 0 Å². The van der Waals surface area contributed by atoms with Gasteiger partial charge in [-0.05, 0) is 17.7 Å². The summed E-state index contributed by atoms with van der Waals surface area (Å²) in [6, 6.07) is 34.1. The van der Waals surface area contributed by atoms with Gasteiger partial charge in [-0.25, -0.2) is 19.9 Å². The number of aromatic nitrogens is 4. The van der Waals surface area contributed by atoms with Crippen LogP contribution in [-0.2, 0) is 0 Å². The van der Waals surface area contributed by atoms with Crippen LogP contribution in [0.2, 0.25) is 0 Å². The molecule has 0 amide bonds. The summed E-state index contributed by atoms with van der Waals surface area (Å²) >= 11 is 0. The zero-order chi connectivity index (χ0) is 24.7. The molecule has 0 aliphatic heterocycles. The molecule has 5 aromatic rings. The molecule has 2 heterocycles. The molecule has 3 aromatic carbocycles. The Morgan fingerprint density at radius 2 is 0.944 bits per heavy atom. The normalized spacial score (nSPS) is 11.2. The first-order chi connectivity index (χ1) is 17.7. The average molecular weight is 465 g/mol. The highest BCUT2D eigenvalue weighted by Crippen LogP contribution is 2.29. The summed E-state index contributed by atoms with van der Waals surface area (Å²) in [5.74, 6) is 0.898. The molecule has 0 atom stereocenters. The average Bonchev–Trinajstić information content (AvgIpc) is 2.97. The monoisotopic (exact) mass is 464 g/mol. The molecule has 0 bridgehead atoms. The molecule has 36 heavy (non-hydrogen) atoms. The molecule has 0 radical (unpaired) electrons. The first-order valence-corrected chi connectivity index (χ1v) is 11.7. The van der Waals surface area contributed by atoms with Gasteiger partial charge in [0.15, 0.2) is 11.6 Å². The first-order valence-electron chi connectivity index (χ1n) is 11.7. The molecular weight excluding hydrogens is 440 g/mol. The fourth-order valence-electron chi connectivity index (χ4n) is 3.90. The van der Waals surface area contributed by atoms with Crippen LogP contribution in [-0.4, -0.2) is 19.9 Å². The Kier molecular flexibility index (Phi) is 6.68. The van der Waals surface area contributed by atoms with E-state index < -0.39 is 0 Å². The highest BCUT2D eigenvalue weighted by Gasteiger charge is 2.16. The quantitative estimate of drug-likeness (QED) is 0.232. The summed E-state index contributed by atoms with van der Waals surface area (Å²) < 4.78 is 0. The fourth-order valence-corrected chi connectivity index (χ4v) is 3.90. The molecule has 0 N–H and O–H groups in total. The lowest BCUT2D eigenvalue weighted by atomic mass is 10.1. The van der Waals surface area contributed by atoms with Gasteiger partial charge >= 0.3 is 0 Å². The molecule has 2 aromatic heterocycles. The summed E-state index contributed by atoms with van der Waals surface area (Å²) in [6.45, 7) is 7.79. The predicted octanol–water partition coefficient (Wildman–Crippen LogP) is 7.69. The van der Waals surface area contributed by atoms with Gasteiger partial charge in [0.1, 0.15) is 0 Å². The molecule has 5 rings (SSSR count). The number of hydrogen-bond donors (Lipinski definition) is 0. The van der Waals surface area contributed by atoms with Crippen molar-refractivity contribution >= 4 is 5.57 Å².